The lowest BCUT2D eigenvalue weighted by atomic mass is 10.0. The van der Waals surface area contributed by atoms with E-state index in [0.717, 1.165) is 22.6 Å². The van der Waals surface area contributed by atoms with Gasteiger partial charge >= 0.3 is 0 Å². The fourth-order valence-electron chi connectivity index (χ4n) is 3.95. The number of carbonyl (C=O) groups excluding carboxylic acids is 1. The quantitative estimate of drug-likeness (QED) is 0.348. The van der Waals surface area contributed by atoms with Gasteiger partial charge in [0.15, 0.2) is 0 Å². The number of amides is 1. The van der Waals surface area contributed by atoms with Crippen LogP contribution in [0.1, 0.15) is 54.5 Å². The highest BCUT2D eigenvalue weighted by Crippen LogP contribution is 2.23. The lowest BCUT2D eigenvalue weighted by Gasteiger charge is -2.17. The molecule has 4 aromatic rings. The SMILES string of the molecule is COc1ccc(C(=O)NC(C)c2nc3ccccc3n2CCOc2ccc(C(C)C)cc2)cc1. The number of nitrogens with one attached hydrogen (secondary N) is 1. The van der Waals surface area contributed by atoms with Gasteiger partial charge in [0.05, 0.1) is 30.7 Å². The fourth-order valence-corrected chi connectivity index (χ4v) is 3.95. The molecule has 1 N–H and O–H groups in total. The van der Waals surface area contributed by atoms with Crippen LogP contribution in [-0.4, -0.2) is 29.2 Å². The first kappa shape index (κ1) is 23.4. The highest BCUT2D eigenvalue weighted by atomic mass is 16.5. The number of hydrogen-bond acceptors (Lipinski definition) is 4. The lowest BCUT2D eigenvalue weighted by Crippen LogP contribution is -2.29. The van der Waals surface area contributed by atoms with E-state index in [1.54, 1.807) is 31.4 Å². The molecule has 1 amide bonds. The summed E-state index contributed by atoms with van der Waals surface area (Å²) in [5.41, 5.74) is 3.77. The second-order valence-corrected chi connectivity index (χ2v) is 8.61. The monoisotopic (exact) mass is 457 g/mol. The average molecular weight is 458 g/mol. The number of aromatic nitrogens is 2. The number of benzene rings is 3. The Morgan fingerprint density at radius 3 is 2.29 bits per heavy atom. The maximum absolute atomic E-state index is 12.8. The van der Waals surface area contributed by atoms with Crippen LogP contribution >= 0.6 is 0 Å². The molecule has 0 fully saturated rings. The first-order valence-electron chi connectivity index (χ1n) is 11.6. The van der Waals surface area contributed by atoms with E-state index in [1.807, 2.05) is 43.3 Å². The molecule has 0 saturated carbocycles. The van der Waals surface area contributed by atoms with Gasteiger partial charge < -0.3 is 19.4 Å². The number of imidazole rings is 1. The minimum Gasteiger partial charge on any atom is -0.497 e. The maximum atomic E-state index is 12.8. The molecule has 6 heteroatoms. The van der Waals surface area contributed by atoms with E-state index in [2.05, 4.69) is 35.9 Å². The van der Waals surface area contributed by atoms with E-state index in [-0.39, 0.29) is 11.9 Å². The normalized spacial score (nSPS) is 12.0. The summed E-state index contributed by atoms with van der Waals surface area (Å²) in [5.74, 6) is 2.68. The van der Waals surface area contributed by atoms with Crippen LogP contribution in [0, 0.1) is 0 Å². The smallest absolute Gasteiger partial charge is 0.251 e. The van der Waals surface area contributed by atoms with Crippen molar-refractivity contribution in [2.75, 3.05) is 13.7 Å². The van der Waals surface area contributed by atoms with Gasteiger partial charge in [-0.3, -0.25) is 4.79 Å². The Hall–Kier alpha value is -3.80. The number of para-hydroxylation sites is 2. The zero-order valence-electron chi connectivity index (χ0n) is 20.1. The number of hydrogen-bond donors (Lipinski definition) is 1. The van der Waals surface area contributed by atoms with Crippen molar-refractivity contribution in [1.82, 2.24) is 14.9 Å². The second kappa shape index (κ2) is 10.4. The van der Waals surface area contributed by atoms with Crippen LogP contribution in [0.5, 0.6) is 11.5 Å². The summed E-state index contributed by atoms with van der Waals surface area (Å²) >= 11 is 0. The molecule has 0 aliphatic rings. The molecule has 1 atom stereocenters. The first-order valence-corrected chi connectivity index (χ1v) is 11.6. The molecule has 4 rings (SSSR count). The van der Waals surface area contributed by atoms with Crippen molar-refractivity contribution in [3.63, 3.8) is 0 Å². The number of methoxy groups -OCH3 is 1. The molecule has 0 aliphatic heterocycles. The number of rotatable bonds is 9. The second-order valence-electron chi connectivity index (χ2n) is 8.61. The molecular formula is C28H31N3O3. The molecule has 176 valence electrons. The number of nitrogens with zero attached hydrogens (tertiary/aromatic N) is 2. The molecule has 34 heavy (non-hydrogen) atoms. The van der Waals surface area contributed by atoms with Gasteiger partial charge in [-0.1, -0.05) is 38.1 Å². The Morgan fingerprint density at radius 2 is 1.62 bits per heavy atom. The number of fused-ring (bicyclic) bond motifs is 1. The summed E-state index contributed by atoms with van der Waals surface area (Å²) in [6.45, 7) is 7.41. The molecule has 1 aromatic heterocycles. The van der Waals surface area contributed by atoms with E-state index in [0.29, 0.717) is 30.4 Å². The van der Waals surface area contributed by atoms with E-state index in [9.17, 15) is 4.79 Å². The Morgan fingerprint density at radius 1 is 0.941 bits per heavy atom. The van der Waals surface area contributed by atoms with Gasteiger partial charge in [0, 0.05) is 5.56 Å². The fraction of sp³-hybridized carbons (Fsp3) is 0.286. The standard InChI is InChI=1S/C28H31N3O3/c1-19(2)21-9-15-24(16-10-21)34-18-17-31-26-8-6-5-7-25(26)30-27(31)20(3)29-28(32)22-11-13-23(33-4)14-12-22/h5-16,19-20H,17-18H2,1-4H3,(H,29,32). The molecule has 1 unspecified atom stereocenters. The van der Waals surface area contributed by atoms with Crippen LogP contribution in [0.25, 0.3) is 11.0 Å². The summed E-state index contributed by atoms with van der Waals surface area (Å²) in [6, 6.07) is 23.0. The summed E-state index contributed by atoms with van der Waals surface area (Å²) in [7, 11) is 1.60. The molecule has 6 nitrogen and oxygen atoms in total. The topological polar surface area (TPSA) is 65.4 Å². The average Bonchev–Trinajstić information content (AvgIpc) is 3.23. The van der Waals surface area contributed by atoms with Crippen molar-refractivity contribution in [1.29, 1.82) is 0 Å². The van der Waals surface area contributed by atoms with E-state index < -0.39 is 0 Å². The van der Waals surface area contributed by atoms with Crippen molar-refractivity contribution in [3.8, 4) is 11.5 Å². The van der Waals surface area contributed by atoms with Crippen LogP contribution in [-0.2, 0) is 6.54 Å². The Bertz CT molecular complexity index is 1240. The van der Waals surface area contributed by atoms with Crippen molar-refractivity contribution < 1.29 is 14.3 Å². The molecule has 0 bridgehead atoms. The molecule has 0 aliphatic carbocycles. The van der Waals surface area contributed by atoms with Gasteiger partial charge in [-0.15, -0.1) is 0 Å². The van der Waals surface area contributed by atoms with E-state index in [4.69, 9.17) is 14.5 Å². The van der Waals surface area contributed by atoms with Gasteiger partial charge in [0.2, 0.25) is 0 Å². The third kappa shape index (κ3) is 5.22. The minimum atomic E-state index is -0.285. The maximum Gasteiger partial charge on any atom is 0.251 e. The number of ether oxygens (including phenoxy) is 2. The summed E-state index contributed by atoms with van der Waals surface area (Å²) < 4.78 is 13.3. The van der Waals surface area contributed by atoms with Gasteiger partial charge in [0.25, 0.3) is 5.91 Å². The molecule has 0 spiro atoms. The van der Waals surface area contributed by atoms with Crippen molar-refractivity contribution in [3.05, 3.63) is 89.7 Å². The van der Waals surface area contributed by atoms with Gasteiger partial charge in [-0.05, 0) is 66.9 Å². The largest absolute Gasteiger partial charge is 0.497 e. The summed E-state index contributed by atoms with van der Waals surface area (Å²) in [6.07, 6.45) is 0. The van der Waals surface area contributed by atoms with Gasteiger partial charge in [0.1, 0.15) is 23.9 Å². The van der Waals surface area contributed by atoms with Crippen LogP contribution in [0.15, 0.2) is 72.8 Å². The van der Waals surface area contributed by atoms with E-state index >= 15 is 0 Å². The molecule has 1 heterocycles. The molecular weight excluding hydrogens is 426 g/mol. The zero-order chi connectivity index (χ0) is 24.1. The third-order valence-electron chi connectivity index (χ3n) is 5.90. The third-order valence-corrected chi connectivity index (χ3v) is 5.90. The molecule has 0 saturated heterocycles. The van der Waals surface area contributed by atoms with Crippen LogP contribution in [0.4, 0.5) is 0 Å². The minimum absolute atomic E-state index is 0.157. The first-order chi connectivity index (χ1) is 16.5. The number of carbonyl (C=O) groups is 1. The highest BCUT2D eigenvalue weighted by molar-refractivity contribution is 5.94. The van der Waals surface area contributed by atoms with Crippen molar-refractivity contribution in [2.45, 2.75) is 39.3 Å². The summed E-state index contributed by atoms with van der Waals surface area (Å²) in [4.78, 5) is 17.6. The molecule has 0 radical (unpaired) electrons. The van der Waals surface area contributed by atoms with Crippen LogP contribution < -0.4 is 14.8 Å². The zero-order valence-corrected chi connectivity index (χ0v) is 20.1. The van der Waals surface area contributed by atoms with Crippen molar-refractivity contribution >= 4 is 16.9 Å². The Kier molecular flexibility index (Phi) is 7.16. The van der Waals surface area contributed by atoms with Crippen LogP contribution in [0.3, 0.4) is 0 Å². The highest BCUT2D eigenvalue weighted by Gasteiger charge is 2.19. The Labute approximate surface area is 200 Å². The van der Waals surface area contributed by atoms with Crippen molar-refractivity contribution in [2.24, 2.45) is 0 Å². The van der Waals surface area contributed by atoms with Gasteiger partial charge in [-0.2, -0.15) is 0 Å². The summed E-state index contributed by atoms with van der Waals surface area (Å²) in [5, 5.41) is 3.07. The molecule has 3 aromatic carbocycles. The van der Waals surface area contributed by atoms with E-state index in [1.165, 1.54) is 5.56 Å². The van der Waals surface area contributed by atoms with Crippen LogP contribution in [0.2, 0.25) is 0 Å². The Balaban J connectivity index is 1.49. The predicted octanol–water partition coefficient (Wildman–Crippen LogP) is 5.74. The lowest BCUT2D eigenvalue weighted by molar-refractivity contribution is 0.0937. The predicted molar refractivity (Wildman–Crippen MR) is 135 cm³/mol. The van der Waals surface area contributed by atoms with Gasteiger partial charge in [-0.25, -0.2) is 4.98 Å².